The van der Waals surface area contributed by atoms with E-state index in [1.165, 1.54) is 0 Å². The summed E-state index contributed by atoms with van der Waals surface area (Å²) in [6, 6.07) is 17.0. The number of nitrogens with zero attached hydrogens (tertiary/aromatic N) is 1. The zero-order valence-corrected chi connectivity index (χ0v) is 17.7. The lowest BCUT2D eigenvalue weighted by atomic mass is 10.1. The molecule has 1 aromatic heterocycles. The summed E-state index contributed by atoms with van der Waals surface area (Å²) in [5.74, 6) is 1.37. The summed E-state index contributed by atoms with van der Waals surface area (Å²) >= 11 is 0. The zero-order chi connectivity index (χ0) is 21.1. The molecule has 0 saturated carbocycles. The SMILES string of the molecule is CCCN(C(=O)c1ccc(COc2ccc3ccccc3c2)o1)C1CCS(=O)(=O)C1. The predicted octanol–water partition coefficient (Wildman–Crippen LogP) is 4.05. The summed E-state index contributed by atoms with van der Waals surface area (Å²) in [5, 5.41) is 2.23. The van der Waals surface area contributed by atoms with Crippen molar-refractivity contribution in [1.82, 2.24) is 4.90 Å². The molecule has 0 bridgehead atoms. The second-order valence-corrected chi connectivity index (χ2v) is 9.85. The van der Waals surface area contributed by atoms with Crippen LogP contribution in [0.15, 0.2) is 59.0 Å². The molecular weight excluding hydrogens is 402 g/mol. The van der Waals surface area contributed by atoms with Crippen LogP contribution in [0.2, 0.25) is 0 Å². The van der Waals surface area contributed by atoms with Crippen molar-refractivity contribution in [2.24, 2.45) is 0 Å². The average Bonchev–Trinajstić information content (AvgIpc) is 3.36. The van der Waals surface area contributed by atoms with Gasteiger partial charge >= 0.3 is 0 Å². The number of benzene rings is 2. The summed E-state index contributed by atoms with van der Waals surface area (Å²) in [6.45, 7) is 2.68. The maximum atomic E-state index is 13.0. The minimum atomic E-state index is -3.07. The Kier molecular flexibility index (Phi) is 5.81. The van der Waals surface area contributed by atoms with Gasteiger partial charge in [0, 0.05) is 12.6 Å². The minimum Gasteiger partial charge on any atom is -0.486 e. The van der Waals surface area contributed by atoms with E-state index >= 15 is 0 Å². The number of ether oxygens (including phenoxy) is 1. The number of rotatable bonds is 7. The van der Waals surface area contributed by atoms with E-state index in [-0.39, 0.29) is 35.8 Å². The molecule has 0 spiro atoms. The Bertz CT molecular complexity index is 1150. The van der Waals surface area contributed by atoms with Gasteiger partial charge in [0.2, 0.25) is 0 Å². The molecule has 0 aliphatic carbocycles. The van der Waals surface area contributed by atoms with Crippen molar-refractivity contribution in [3.8, 4) is 5.75 Å². The van der Waals surface area contributed by atoms with Crippen molar-refractivity contribution < 1.29 is 22.4 Å². The van der Waals surface area contributed by atoms with Gasteiger partial charge in [0.1, 0.15) is 18.1 Å². The number of fused-ring (bicyclic) bond motifs is 1. The molecule has 0 radical (unpaired) electrons. The van der Waals surface area contributed by atoms with Crippen LogP contribution in [0.3, 0.4) is 0 Å². The van der Waals surface area contributed by atoms with Crippen LogP contribution in [0.25, 0.3) is 10.8 Å². The van der Waals surface area contributed by atoms with Crippen LogP contribution in [-0.2, 0) is 16.4 Å². The number of amides is 1. The number of furan rings is 1. The van der Waals surface area contributed by atoms with Gasteiger partial charge < -0.3 is 14.1 Å². The highest BCUT2D eigenvalue weighted by molar-refractivity contribution is 7.91. The van der Waals surface area contributed by atoms with Gasteiger partial charge in [-0.05, 0) is 47.9 Å². The highest BCUT2D eigenvalue weighted by Gasteiger charge is 2.35. The fourth-order valence-corrected chi connectivity index (χ4v) is 5.57. The third kappa shape index (κ3) is 4.51. The highest BCUT2D eigenvalue weighted by Crippen LogP contribution is 2.23. The van der Waals surface area contributed by atoms with E-state index in [4.69, 9.17) is 9.15 Å². The molecule has 1 fully saturated rings. The second-order valence-electron chi connectivity index (χ2n) is 7.62. The normalized spacial score (nSPS) is 17.8. The third-order valence-electron chi connectivity index (χ3n) is 5.35. The monoisotopic (exact) mass is 427 g/mol. The Morgan fingerprint density at radius 3 is 2.67 bits per heavy atom. The number of carbonyl (C=O) groups excluding carboxylic acids is 1. The molecule has 2 aromatic carbocycles. The van der Waals surface area contributed by atoms with Crippen LogP contribution >= 0.6 is 0 Å². The Balaban J connectivity index is 1.43. The summed E-state index contributed by atoms with van der Waals surface area (Å²) in [7, 11) is -3.07. The number of hydrogen-bond acceptors (Lipinski definition) is 5. The molecule has 4 rings (SSSR count). The Morgan fingerprint density at radius 2 is 1.93 bits per heavy atom. The largest absolute Gasteiger partial charge is 0.486 e. The molecule has 1 aliphatic heterocycles. The first-order valence-electron chi connectivity index (χ1n) is 10.2. The summed E-state index contributed by atoms with van der Waals surface area (Å²) in [4.78, 5) is 14.6. The maximum absolute atomic E-state index is 13.0. The lowest BCUT2D eigenvalue weighted by Gasteiger charge is -2.26. The lowest BCUT2D eigenvalue weighted by Crippen LogP contribution is -2.41. The summed E-state index contributed by atoms with van der Waals surface area (Å²) in [6.07, 6.45) is 1.23. The van der Waals surface area contributed by atoms with Crippen molar-refractivity contribution in [3.05, 3.63) is 66.1 Å². The van der Waals surface area contributed by atoms with E-state index in [0.717, 1.165) is 22.9 Å². The predicted molar refractivity (Wildman–Crippen MR) is 115 cm³/mol. The zero-order valence-electron chi connectivity index (χ0n) is 16.9. The van der Waals surface area contributed by atoms with Gasteiger partial charge in [-0.3, -0.25) is 4.79 Å². The van der Waals surface area contributed by atoms with Gasteiger partial charge in [0.15, 0.2) is 15.6 Å². The number of sulfone groups is 1. The van der Waals surface area contributed by atoms with Gasteiger partial charge in [0.25, 0.3) is 5.91 Å². The first-order valence-corrected chi connectivity index (χ1v) is 12.0. The van der Waals surface area contributed by atoms with Crippen LogP contribution in [0, 0.1) is 0 Å². The van der Waals surface area contributed by atoms with Crippen LogP contribution < -0.4 is 4.74 Å². The van der Waals surface area contributed by atoms with E-state index in [1.807, 2.05) is 49.4 Å². The molecule has 158 valence electrons. The summed E-state index contributed by atoms with van der Waals surface area (Å²) in [5.41, 5.74) is 0. The highest BCUT2D eigenvalue weighted by atomic mass is 32.2. The molecule has 7 heteroatoms. The van der Waals surface area contributed by atoms with Crippen LogP contribution in [0.5, 0.6) is 5.75 Å². The number of hydrogen-bond donors (Lipinski definition) is 0. The van der Waals surface area contributed by atoms with E-state index in [1.54, 1.807) is 17.0 Å². The molecule has 0 N–H and O–H groups in total. The van der Waals surface area contributed by atoms with Crippen LogP contribution in [-0.4, -0.2) is 43.3 Å². The third-order valence-corrected chi connectivity index (χ3v) is 7.10. The molecular formula is C23H25NO5S. The standard InChI is InChI=1S/C23H25NO5S/c1-2-12-24(19-11-13-30(26,27)16-19)23(25)22-10-9-21(29-22)15-28-20-8-7-17-5-3-4-6-18(17)14-20/h3-10,14,19H,2,11-13,15-16H2,1H3. The van der Waals surface area contributed by atoms with Crippen molar-refractivity contribution in [3.63, 3.8) is 0 Å². The molecule has 1 saturated heterocycles. The molecule has 1 atom stereocenters. The fraction of sp³-hybridized carbons (Fsp3) is 0.348. The molecule has 1 aliphatic rings. The molecule has 6 nitrogen and oxygen atoms in total. The fourth-order valence-electron chi connectivity index (χ4n) is 3.84. The Morgan fingerprint density at radius 1 is 1.13 bits per heavy atom. The van der Waals surface area contributed by atoms with Gasteiger partial charge in [-0.25, -0.2) is 8.42 Å². The average molecular weight is 428 g/mol. The van der Waals surface area contributed by atoms with Gasteiger partial charge in [-0.1, -0.05) is 37.3 Å². The van der Waals surface area contributed by atoms with Crippen LogP contribution in [0.4, 0.5) is 0 Å². The minimum absolute atomic E-state index is 0.0252. The first kappa shape index (κ1) is 20.5. The Hall–Kier alpha value is -2.80. The van der Waals surface area contributed by atoms with E-state index < -0.39 is 9.84 Å². The van der Waals surface area contributed by atoms with Gasteiger partial charge in [-0.2, -0.15) is 0 Å². The van der Waals surface area contributed by atoms with Crippen molar-refractivity contribution in [1.29, 1.82) is 0 Å². The lowest BCUT2D eigenvalue weighted by molar-refractivity contribution is 0.0660. The van der Waals surface area contributed by atoms with Crippen molar-refractivity contribution in [2.45, 2.75) is 32.4 Å². The Labute approximate surface area is 176 Å². The topological polar surface area (TPSA) is 76.8 Å². The van der Waals surface area contributed by atoms with Crippen molar-refractivity contribution >= 4 is 26.5 Å². The van der Waals surface area contributed by atoms with E-state index in [2.05, 4.69) is 0 Å². The summed E-state index contributed by atoms with van der Waals surface area (Å²) < 4.78 is 35.2. The molecule has 30 heavy (non-hydrogen) atoms. The van der Waals surface area contributed by atoms with E-state index in [9.17, 15) is 13.2 Å². The van der Waals surface area contributed by atoms with Gasteiger partial charge in [-0.15, -0.1) is 0 Å². The van der Waals surface area contributed by atoms with E-state index in [0.29, 0.717) is 18.7 Å². The van der Waals surface area contributed by atoms with Crippen molar-refractivity contribution in [2.75, 3.05) is 18.1 Å². The van der Waals surface area contributed by atoms with Gasteiger partial charge in [0.05, 0.1) is 11.5 Å². The molecule has 2 heterocycles. The smallest absolute Gasteiger partial charge is 0.289 e. The first-order chi connectivity index (χ1) is 14.4. The molecule has 3 aromatic rings. The molecule has 1 unspecified atom stereocenters. The van der Waals surface area contributed by atoms with Crippen LogP contribution in [0.1, 0.15) is 36.1 Å². The second kappa shape index (κ2) is 8.52. The maximum Gasteiger partial charge on any atom is 0.289 e. The quantitative estimate of drug-likeness (QED) is 0.568. The number of carbonyl (C=O) groups is 1. The molecule has 1 amide bonds.